The molecular formula is C38H32N2. The summed E-state index contributed by atoms with van der Waals surface area (Å²) in [6, 6.07) is 33.7. The molecule has 2 nitrogen and oxygen atoms in total. The van der Waals surface area contributed by atoms with E-state index in [9.17, 15) is 0 Å². The van der Waals surface area contributed by atoms with Crippen LogP contribution in [0.15, 0.2) is 163 Å². The lowest BCUT2D eigenvalue weighted by atomic mass is 9.84. The second kappa shape index (κ2) is 10.7. The van der Waals surface area contributed by atoms with Gasteiger partial charge in [0.1, 0.15) is 0 Å². The minimum absolute atomic E-state index is 0.260. The second-order valence-corrected chi connectivity index (χ2v) is 10.6. The Bertz CT molecular complexity index is 1700. The lowest BCUT2D eigenvalue weighted by Gasteiger charge is -2.33. The standard InChI is InChI=1S/C38H32N2/c1-2-13-34(14-3-1)40(36-26-21-28-9-4-5-11-32(28)27-36)35-24-19-30(20-25-35)29-17-22-33(23-18-29)39-38-16-8-12-31-10-6-7-15-37(31)38/h1-13,15-27,34,37-39H,14H2. The maximum absolute atomic E-state index is 3.72. The maximum Gasteiger partial charge on any atom is 0.0559 e. The minimum Gasteiger partial charge on any atom is -0.378 e. The molecule has 0 radical (unpaired) electrons. The number of nitrogens with zero attached hydrogens (tertiary/aromatic N) is 1. The molecular weight excluding hydrogens is 484 g/mol. The molecule has 0 bridgehead atoms. The van der Waals surface area contributed by atoms with Gasteiger partial charge in [-0.2, -0.15) is 0 Å². The van der Waals surface area contributed by atoms with E-state index in [0.717, 1.165) is 12.1 Å². The van der Waals surface area contributed by atoms with Crippen LogP contribution in [-0.2, 0) is 0 Å². The summed E-state index contributed by atoms with van der Waals surface area (Å²) < 4.78 is 0. The molecule has 4 aromatic rings. The van der Waals surface area contributed by atoms with Crippen molar-refractivity contribution >= 4 is 27.8 Å². The normalized spacial score (nSPS) is 20.8. The molecule has 0 spiro atoms. The molecule has 7 rings (SSSR count). The predicted molar refractivity (Wildman–Crippen MR) is 171 cm³/mol. The molecule has 0 aliphatic heterocycles. The summed E-state index contributed by atoms with van der Waals surface area (Å²) >= 11 is 0. The van der Waals surface area contributed by atoms with Crippen LogP contribution >= 0.6 is 0 Å². The molecule has 0 saturated carbocycles. The molecule has 3 aliphatic rings. The van der Waals surface area contributed by atoms with Gasteiger partial charge in [-0.3, -0.25) is 0 Å². The highest BCUT2D eigenvalue weighted by atomic mass is 15.2. The number of fused-ring (bicyclic) bond motifs is 2. The van der Waals surface area contributed by atoms with Crippen molar-refractivity contribution in [3.8, 4) is 11.1 Å². The highest BCUT2D eigenvalue weighted by molar-refractivity contribution is 5.87. The van der Waals surface area contributed by atoms with Gasteiger partial charge in [0, 0.05) is 23.0 Å². The molecule has 3 aliphatic carbocycles. The van der Waals surface area contributed by atoms with Crippen LogP contribution in [0.5, 0.6) is 0 Å². The van der Waals surface area contributed by atoms with Crippen LogP contribution in [0.1, 0.15) is 6.42 Å². The van der Waals surface area contributed by atoms with Gasteiger partial charge in [-0.1, -0.05) is 121 Å². The third kappa shape index (κ3) is 4.85. The van der Waals surface area contributed by atoms with Gasteiger partial charge in [-0.05, 0) is 70.3 Å². The molecule has 40 heavy (non-hydrogen) atoms. The zero-order chi connectivity index (χ0) is 26.7. The number of nitrogens with one attached hydrogen (secondary N) is 1. The number of rotatable bonds is 6. The quantitative estimate of drug-likeness (QED) is 0.274. The summed E-state index contributed by atoms with van der Waals surface area (Å²) in [7, 11) is 0. The van der Waals surface area contributed by atoms with Crippen molar-refractivity contribution in [2.75, 3.05) is 10.2 Å². The highest BCUT2D eigenvalue weighted by Gasteiger charge is 2.23. The first-order valence-corrected chi connectivity index (χ1v) is 14.1. The minimum atomic E-state index is 0.260. The number of hydrogen-bond acceptors (Lipinski definition) is 2. The van der Waals surface area contributed by atoms with E-state index in [4.69, 9.17) is 0 Å². The molecule has 0 heterocycles. The SMILES string of the molecule is C1=CCC(N(c2ccc(-c3ccc(NC4C=CC=C5C=CC=CC54)cc3)cc2)c2ccc3ccccc3c2)C=C1. The van der Waals surface area contributed by atoms with E-state index in [2.05, 4.69) is 168 Å². The summed E-state index contributed by atoms with van der Waals surface area (Å²) in [6.45, 7) is 0. The first-order valence-electron chi connectivity index (χ1n) is 14.1. The number of anilines is 3. The van der Waals surface area contributed by atoms with Crippen LogP contribution in [0.4, 0.5) is 17.1 Å². The molecule has 2 heteroatoms. The van der Waals surface area contributed by atoms with Gasteiger partial charge in [-0.25, -0.2) is 0 Å². The van der Waals surface area contributed by atoms with Crippen molar-refractivity contribution < 1.29 is 0 Å². The Kier molecular flexibility index (Phi) is 6.51. The molecule has 0 saturated heterocycles. The number of allylic oxidation sites excluding steroid dienone is 7. The Balaban J connectivity index is 1.12. The Morgan fingerprint density at radius 2 is 1.38 bits per heavy atom. The summed E-state index contributed by atoms with van der Waals surface area (Å²) in [4.78, 5) is 2.46. The second-order valence-electron chi connectivity index (χ2n) is 10.6. The molecule has 0 amide bonds. The Morgan fingerprint density at radius 3 is 2.17 bits per heavy atom. The third-order valence-corrected chi connectivity index (χ3v) is 8.10. The van der Waals surface area contributed by atoms with Crippen molar-refractivity contribution in [3.05, 3.63) is 163 Å². The molecule has 1 N–H and O–H groups in total. The van der Waals surface area contributed by atoms with Crippen molar-refractivity contribution in [2.24, 2.45) is 5.92 Å². The Labute approximate surface area is 236 Å². The van der Waals surface area contributed by atoms with Gasteiger partial charge in [-0.15, -0.1) is 0 Å². The largest absolute Gasteiger partial charge is 0.378 e. The lowest BCUT2D eigenvalue weighted by Crippen LogP contribution is -2.29. The van der Waals surface area contributed by atoms with Gasteiger partial charge in [0.15, 0.2) is 0 Å². The number of benzene rings is 4. The van der Waals surface area contributed by atoms with E-state index in [1.165, 1.54) is 38.8 Å². The van der Waals surface area contributed by atoms with E-state index in [0.29, 0.717) is 5.92 Å². The first-order chi connectivity index (χ1) is 19.8. The van der Waals surface area contributed by atoms with E-state index in [1.54, 1.807) is 0 Å². The fraction of sp³-hybridized carbons (Fsp3) is 0.105. The summed E-state index contributed by atoms with van der Waals surface area (Å²) in [5.41, 5.74) is 7.34. The smallest absolute Gasteiger partial charge is 0.0559 e. The predicted octanol–water partition coefficient (Wildman–Crippen LogP) is 9.55. The van der Waals surface area contributed by atoms with Crippen LogP contribution in [0.25, 0.3) is 21.9 Å². The summed E-state index contributed by atoms with van der Waals surface area (Å²) in [5.74, 6) is 0.377. The average molecular weight is 517 g/mol. The van der Waals surface area contributed by atoms with Crippen molar-refractivity contribution in [2.45, 2.75) is 18.5 Å². The fourth-order valence-electron chi connectivity index (χ4n) is 5.99. The lowest BCUT2D eigenvalue weighted by molar-refractivity contribution is 0.696. The Hall–Kier alpha value is -4.82. The first kappa shape index (κ1) is 24.2. The monoisotopic (exact) mass is 516 g/mol. The number of hydrogen-bond donors (Lipinski definition) is 1. The molecule has 3 atom stereocenters. The van der Waals surface area contributed by atoms with Gasteiger partial charge < -0.3 is 10.2 Å². The van der Waals surface area contributed by atoms with Gasteiger partial charge in [0.2, 0.25) is 0 Å². The third-order valence-electron chi connectivity index (χ3n) is 8.10. The summed E-state index contributed by atoms with van der Waals surface area (Å²) in [5, 5.41) is 6.25. The van der Waals surface area contributed by atoms with E-state index < -0.39 is 0 Å². The van der Waals surface area contributed by atoms with E-state index >= 15 is 0 Å². The van der Waals surface area contributed by atoms with E-state index in [-0.39, 0.29) is 12.1 Å². The zero-order valence-corrected chi connectivity index (χ0v) is 22.4. The molecule has 4 aromatic carbocycles. The van der Waals surface area contributed by atoms with Crippen molar-refractivity contribution in [1.82, 2.24) is 0 Å². The Morgan fingerprint density at radius 1 is 0.625 bits per heavy atom. The molecule has 0 aromatic heterocycles. The van der Waals surface area contributed by atoms with Gasteiger partial charge >= 0.3 is 0 Å². The zero-order valence-electron chi connectivity index (χ0n) is 22.4. The van der Waals surface area contributed by atoms with Gasteiger partial charge in [0.25, 0.3) is 0 Å². The molecule has 3 unspecified atom stereocenters. The van der Waals surface area contributed by atoms with Crippen LogP contribution in [0, 0.1) is 5.92 Å². The van der Waals surface area contributed by atoms with Crippen LogP contribution in [0.3, 0.4) is 0 Å². The van der Waals surface area contributed by atoms with Crippen LogP contribution in [-0.4, -0.2) is 12.1 Å². The maximum atomic E-state index is 3.72. The topological polar surface area (TPSA) is 15.3 Å². The van der Waals surface area contributed by atoms with Gasteiger partial charge in [0.05, 0.1) is 12.1 Å². The van der Waals surface area contributed by atoms with Crippen LogP contribution in [0.2, 0.25) is 0 Å². The highest BCUT2D eigenvalue weighted by Crippen LogP contribution is 2.35. The molecule has 194 valence electrons. The van der Waals surface area contributed by atoms with E-state index in [1.807, 2.05) is 0 Å². The van der Waals surface area contributed by atoms with Crippen molar-refractivity contribution in [1.29, 1.82) is 0 Å². The molecule has 0 fully saturated rings. The fourth-order valence-corrected chi connectivity index (χ4v) is 5.99. The average Bonchev–Trinajstić information content (AvgIpc) is 3.03. The van der Waals surface area contributed by atoms with Crippen LogP contribution < -0.4 is 10.2 Å². The van der Waals surface area contributed by atoms with Crippen molar-refractivity contribution in [3.63, 3.8) is 0 Å². The summed E-state index contributed by atoms with van der Waals surface area (Å²) in [6.07, 6.45) is 25.2.